The maximum atomic E-state index is 11.2. The van der Waals surface area contributed by atoms with Gasteiger partial charge in [0.05, 0.1) is 26.9 Å². The minimum Gasteiger partial charge on any atom is -0.496 e. The van der Waals surface area contributed by atoms with Crippen molar-refractivity contribution in [2.45, 2.75) is 10.8 Å². The van der Waals surface area contributed by atoms with E-state index in [1.54, 1.807) is 45.7 Å². The van der Waals surface area contributed by atoms with Gasteiger partial charge in [-0.05, 0) is 12.1 Å². The van der Waals surface area contributed by atoms with Crippen molar-refractivity contribution in [3.8, 4) is 17.2 Å². The van der Waals surface area contributed by atoms with Crippen LogP contribution >= 0.6 is 11.8 Å². The molecule has 1 aromatic heterocycles. The molecule has 122 valence electrons. The van der Waals surface area contributed by atoms with Crippen molar-refractivity contribution in [3.05, 3.63) is 41.6 Å². The van der Waals surface area contributed by atoms with E-state index in [9.17, 15) is 9.90 Å². The third-order valence-corrected chi connectivity index (χ3v) is 4.20. The van der Waals surface area contributed by atoms with Gasteiger partial charge in [-0.25, -0.2) is 9.78 Å². The molecule has 1 heterocycles. The largest absolute Gasteiger partial charge is 0.496 e. The van der Waals surface area contributed by atoms with Gasteiger partial charge in [0.15, 0.2) is 0 Å². The molecule has 2 aromatic rings. The molecular weight excluding hydrogens is 318 g/mol. The lowest BCUT2D eigenvalue weighted by Gasteiger charge is -2.15. The summed E-state index contributed by atoms with van der Waals surface area (Å²) in [4.78, 5) is 15.4. The average Bonchev–Trinajstić information content (AvgIpc) is 2.59. The molecule has 0 aliphatic rings. The number of hydrogen-bond acceptors (Lipinski definition) is 6. The number of thioether (sulfide) groups is 1. The maximum absolute atomic E-state index is 11.2. The molecule has 23 heavy (non-hydrogen) atoms. The van der Waals surface area contributed by atoms with Gasteiger partial charge in [0, 0.05) is 29.6 Å². The van der Waals surface area contributed by atoms with Crippen LogP contribution in [0.5, 0.6) is 17.2 Å². The van der Waals surface area contributed by atoms with Crippen molar-refractivity contribution in [2.75, 3.05) is 21.3 Å². The highest BCUT2D eigenvalue weighted by Gasteiger charge is 2.16. The predicted octanol–water partition coefficient (Wildman–Crippen LogP) is 3.10. The summed E-state index contributed by atoms with van der Waals surface area (Å²) in [6.45, 7) is 0. The number of benzene rings is 1. The minimum atomic E-state index is -1.01. The second-order valence-electron chi connectivity index (χ2n) is 4.46. The Morgan fingerprint density at radius 1 is 1.17 bits per heavy atom. The van der Waals surface area contributed by atoms with E-state index in [-0.39, 0.29) is 5.56 Å². The second-order valence-corrected chi connectivity index (χ2v) is 5.42. The summed E-state index contributed by atoms with van der Waals surface area (Å²) in [5, 5.41) is 9.66. The number of nitrogens with zero attached hydrogens (tertiary/aromatic N) is 1. The Balaban J connectivity index is 2.32. The van der Waals surface area contributed by atoms with Crippen LogP contribution in [0, 0.1) is 0 Å². The summed E-state index contributed by atoms with van der Waals surface area (Å²) in [5.74, 6) is 1.29. The Labute approximate surface area is 138 Å². The molecular formula is C16H17NO5S. The third-order valence-electron chi connectivity index (χ3n) is 3.17. The molecule has 0 spiro atoms. The molecule has 0 amide bonds. The minimum absolute atomic E-state index is 0.170. The summed E-state index contributed by atoms with van der Waals surface area (Å²) < 4.78 is 16.0. The summed E-state index contributed by atoms with van der Waals surface area (Å²) >= 11 is 1.31. The average molecular weight is 335 g/mol. The van der Waals surface area contributed by atoms with Gasteiger partial charge in [-0.1, -0.05) is 0 Å². The molecule has 0 aliphatic heterocycles. The molecule has 1 aromatic carbocycles. The number of aromatic nitrogens is 1. The normalized spacial score (nSPS) is 10.2. The van der Waals surface area contributed by atoms with E-state index in [1.165, 1.54) is 17.8 Å². The van der Waals surface area contributed by atoms with Crippen molar-refractivity contribution in [1.82, 2.24) is 4.98 Å². The van der Waals surface area contributed by atoms with Gasteiger partial charge in [-0.2, -0.15) is 0 Å². The number of ether oxygens (including phenoxy) is 3. The van der Waals surface area contributed by atoms with E-state index in [0.717, 1.165) is 5.56 Å². The van der Waals surface area contributed by atoms with E-state index >= 15 is 0 Å². The summed E-state index contributed by atoms with van der Waals surface area (Å²) in [6.07, 6.45) is 1.57. The second kappa shape index (κ2) is 7.73. The van der Waals surface area contributed by atoms with Crippen LogP contribution in [0.15, 0.2) is 35.5 Å². The number of carbonyl (C=O) groups is 1. The van der Waals surface area contributed by atoms with Crippen LogP contribution in [0.3, 0.4) is 0 Å². The van der Waals surface area contributed by atoms with Gasteiger partial charge >= 0.3 is 5.97 Å². The van der Waals surface area contributed by atoms with Crippen molar-refractivity contribution in [2.24, 2.45) is 0 Å². The van der Waals surface area contributed by atoms with E-state index in [4.69, 9.17) is 14.2 Å². The van der Waals surface area contributed by atoms with Crippen LogP contribution in [0.4, 0.5) is 0 Å². The Morgan fingerprint density at radius 3 is 2.35 bits per heavy atom. The number of rotatable bonds is 7. The zero-order chi connectivity index (χ0) is 16.8. The SMILES string of the molecule is COc1cc(OC)c(CSc2ncccc2C(=O)O)c(OC)c1. The van der Waals surface area contributed by atoms with Crippen molar-refractivity contribution in [3.63, 3.8) is 0 Å². The van der Waals surface area contributed by atoms with Gasteiger partial charge < -0.3 is 19.3 Å². The van der Waals surface area contributed by atoms with Crippen molar-refractivity contribution >= 4 is 17.7 Å². The van der Waals surface area contributed by atoms with E-state index < -0.39 is 5.97 Å². The Hall–Kier alpha value is -2.41. The molecule has 0 saturated carbocycles. The number of pyridine rings is 1. The maximum Gasteiger partial charge on any atom is 0.338 e. The van der Waals surface area contributed by atoms with Gasteiger partial charge in [0.2, 0.25) is 0 Å². The molecule has 0 fully saturated rings. The molecule has 2 rings (SSSR count). The first-order valence-corrected chi connectivity index (χ1v) is 7.69. The standard InChI is InChI=1S/C16H17NO5S/c1-20-10-7-13(21-2)12(14(8-10)22-3)9-23-15-11(16(18)19)5-4-6-17-15/h4-8H,9H2,1-3H3,(H,18,19). The first kappa shape index (κ1) is 17.0. The lowest BCUT2D eigenvalue weighted by atomic mass is 10.2. The quantitative estimate of drug-likeness (QED) is 0.779. The van der Waals surface area contributed by atoms with Gasteiger partial charge in [-0.3, -0.25) is 0 Å². The van der Waals surface area contributed by atoms with Gasteiger partial charge in [0.1, 0.15) is 22.3 Å². The number of aromatic carboxylic acids is 1. The topological polar surface area (TPSA) is 77.9 Å². The summed E-state index contributed by atoms with van der Waals surface area (Å²) in [6, 6.07) is 6.64. The van der Waals surface area contributed by atoms with Crippen molar-refractivity contribution in [1.29, 1.82) is 0 Å². The molecule has 1 N–H and O–H groups in total. The van der Waals surface area contributed by atoms with Gasteiger partial charge in [0.25, 0.3) is 0 Å². The zero-order valence-electron chi connectivity index (χ0n) is 13.0. The van der Waals surface area contributed by atoms with Crippen LogP contribution in [0.2, 0.25) is 0 Å². The van der Waals surface area contributed by atoms with E-state index in [1.807, 2.05) is 0 Å². The fourth-order valence-corrected chi connectivity index (χ4v) is 3.04. The molecule has 0 bridgehead atoms. The molecule has 6 nitrogen and oxygen atoms in total. The highest BCUT2D eigenvalue weighted by atomic mass is 32.2. The van der Waals surface area contributed by atoms with Crippen LogP contribution < -0.4 is 14.2 Å². The van der Waals surface area contributed by atoms with Crippen LogP contribution in [0.1, 0.15) is 15.9 Å². The van der Waals surface area contributed by atoms with Crippen LogP contribution in [0.25, 0.3) is 0 Å². The number of carboxylic acid groups (broad SMARTS) is 1. The fourth-order valence-electron chi connectivity index (χ4n) is 2.03. The van der Waals surface area contributed by atoms with Gasteiger partial charge in [-0.15, -0.1) is 11.8 Å². The fraction of sp³-hybridized carbons (Fsp3) is 0.250. The number of carboxylic acids is 1. The zero-order valence-corrected chi connectivity index (χ0v) is 13.8. The van der Waals surface area contributed by atoms with Crippen LogP contribution in [-0.4, -0.2) is 37.4 Å². The molecule has 0 atom stereocenters. The lowest BCUT2D eigenvalue weighted by molar-refractivity contribution is 0.0692. The molecule has 0 unspecified atom stereocenters. The smallest absolute Gasteiger partial charge is 0.338 e. The van der Waals surface area contributed by atoms with Crippen LogP contribution in [-0.2, 0) is 5.75 Å². The summed E-state index contributed by atoms with van der Waals surface area (Å²) in [7, 11) is 4.69. The molecule has 7 heteroatoms. The molecule has 0 radical (unpaired) electrons. The number of methoxy groups -OCH3 is 3. The Bertz CT molecular complexity index is 680. The van der Waals surface area contributed by atoms with Crippen molar-refractivity contribution < 1.29 is 24.1 Å². The Kier molecular flexibility index (Phi) is 5.70. The van der Waals surface area contributed by atoms with E-state index in [0.29, 0.717) is 28.0 Å². The third kappa shape index (κ3) is 3.87. The highest BCUT2D eigenvalue weighted by molar-refractivity contribution is 7.98. The number of hydrogen-bond donors (Lipinski definition) is 1. The monoisotopic (exact) mass is 335 g/mol. The highest BCUT2D eigenvalue weighted by Crippen LogP contribution is 2.38. The lowest BCUT2D eigenvalue weighted by Crippen LogP contribution is -2.01. The van der Waals surface area contributed by atoms with E-state index in [2.05, 4.69) is 4.98 Å². The first-order chi connectivity index (χ1) is 11.1. The Morgan fingerprint density at radius 2 is 1.83 bits per heavy atom. The molecule has 0 aliphatic carbocycles. The summed E-state index contributed by atoms with van der Waals surface area (Å²) in [5.41, 5.74) is 0.978. The first-order valence-electron chi connectivity index (χ1n) is 6.70. The predicted molar refractivity (Wildman–Crippen MR) is 86.9 cm³/mol. The molecule has 0 saturated heterocycles.